The number of ether oxygens (including phenoxy) is 1. The number of aliphatic hydroxyl groups excluding tert-OH is 1. The van der Waals surface area contributed by atoms with Gasteiger partial charge in [0.05, 0.1) is 19.8 Å². The zero-order valence-electron chi connectivity index (χ0n) is 11.3. The molecular formula is C13H27N3O2. The van der Waals surface area contributed by atoms with Crippen LogP contribution in [0.2, 0.25) is 0 Å². The Labute approximate surface area is 110 Å². The monoisotopic (exact) mass is 257 g/mol. The van der Waals surface area contributed by atoms with Crippen molar-refractivity contribution in [2.45, 2.75) is 18.9 Å². The first kappa shape index (κ1) is 14.2. The summed E-state index contributed by atoms with van der Waals surface area (Å²) >= 11 is 0. The van der Waals surface area contributed by atoms with Crippen LogP contribution in [0.15, 0.2) is 0 Å². The third-order valence-electron chi connectivity index (χ3n) is 3.84. The quantitative estimate of drug-likeness (QED) is 0.686. The van der Waals surface area contributed by atoms with E-state index in [1.807, 2.05) is 0 Å². The second kappa shape index (κ2) is 8.07. The number of aliphatic hydroxyl groups is 1. The summed E-state index contributed by atoms with van der Waals surface area (Å²) in [5, 5.41) is 12.6. The molecule has 18 heavy (non-hydrogen) atoms. The molecule has 0 radical (unpaired) electrons. The minimum absolute atomic E-state index is 0.250. The number of hydrogen-bond acceptors (Lipinski definition) is 5. The first-order valence-electron chi connectivity index (χ1n) is 7.25. The van der Waals surface area contributed by atoms with Crippen molar-refractivity contribution in [1.82, 2.24) is 15.1 Å². The summed E-state index contributed by atoms with van der Waals surface area (Å²) in [6, 6.07) is 0.260. The average Bonchev–Trinajstić information content (AvgIpc) is 2.65. The highest BCUT2D eigenvalue weighted by Crippen LogP contribution is 2.03. The molecule has 0 aromatic rings. The van der Waals surface area contributed by atoms with Crippen molar-refractivity contribution < 1.29 is 9.84 Å². The van der Waals surface area contributed by atoms with Crippen LogP contribution < -0.4 is 5.32 Å². The fourth-order valence-corrected chi connectivity index (χ4v) is 2.74. The average molecular weight is 257 g/mol. The Morgan fingerprint density at radius 2 is 1.89 bits per heavy atom. The van der Waals surface area contributed by atoms with Crippen LogP contribution in [0.1, 0.15) is 12.8 Å². The molecule has 5 heteroatoms. The maximum Gasteiger partial charge on any atom is 0.0597 e. The normalized spacial score (nSPS) is 28.2. The maximum atomic E-state index is 9.25. The number of nitrogens with one attached hydrogen (secondary N) is 1. The van der Waals surface area contributed by atoms with Crippen molar-refractivity contribution in [2.24, 2.45) is 0 Å². The lowest BCUT2D eigenvalue weighted by atomic mass is 10.2. The van der Waals surface area contributed by atoms with E-state index in [4.69, 9.17) is 4.74 Å². The van der Waals surface area contributed by atoms with Gasteiger partial charge in [0.15, 0.2) is 0 Å². The lowest BCUT2D eigenvalue weighted by Crippen LogP contribution is -2.41. The molecule has 1 unspecified atom stereocenters. The molecule has 2 rings (SSSR count). The molecule has 2 aliphatic rings. The number of nitrogens with zero attached hydrogens (tertiary/aromatic N) is 2. The molecule has 2 fully saturated rings. The standard InChI is InChI=1S/C13H27N3O2/c17-12-13-11-16(4-1-3-14-13)6-2-5-15-7-9-18-10-8-15/h13-14,17H,1-12H2. The second-order valence-electron chi connectivity index (χ2n) is 5.30. The maximum absolute atomic E-state index is 9.25. The van der Waals surface area contributed by atoms with Crippen LogP contribution in [0.5, 0.6) is 0 Å². The van der Waals surface area contributed by atoms with Crippen LogP contribution in [0.3, 0.4) is 0 Å². The summed E-state index contributed by atoms with van der Waals surface area (Å²) in [5.74, 6) is 0. The van der Waals surface area contributed by atoms with Crippen LogP contribution in [-0.4, -0.2) is 86.6 Å². The Hall–Kier alpha value is -0.200. The minimum atomic E-state index is 0.250. The molecule has 106 valence electrons. The third-order valence-corrected chi connectivity index (χ3v) is 3.84. The molecule has 2 N–H and O–H groups in total. The molecule has 2 heterocycles. The lowest BCUT2D eigenvalue weighted by Gasteiger charge is -2.28. The van der Waals surface area contributed by atoms with E-state index in [-0.39, 0.29) is 12.6 Å². The molecule has 0 aromatic carbocycles. The number of morpholine rings is 1. The smallest absolute Gasteiger partial charge is 0.0597 e. The van der Waals surface area contributed by atoms with Crippen LogP contribution in [0, 0.1) is 0 Å². The molecule has 0 amide bonds. The van der Waals surface area contributed by atoms with Crippen molar-refractivity contribution in [3.63, 3.8) is 0 Å². The van der Waals surface area contributed by atoms with E-state index in [0.29, 0.717) is 0 Å². The van der Waals surface area contributed by atoms with Gasteiger partial charge >= 0.3 is 0 Å². The Kier molecular flexibility index (Phi) is 6.37. The van der Waals surface area contributed by atoms with Gasteiger partial charge < -0.3 is 20.1 Å². The first-order chi connectivity index (χ1) is 8.88. The molecule has 0 saturated carbocycles. The molecule has 2 saturated heterocycles. The van der Waals surface area contributed by atoms with Crippen LogP contribution >= 0.6 is 0 Å². The van der Waals surface area contributed by atoms with Gasteiger partial charge in [0, 0.05) is 25.7 Å². The van der Waals surface area contributed by atoms with E-state index in [1.165, 1.54) is 19.4 Å². The van der Waals surface area contributed by atoms with Gasteiger partial charge in [-0.25, -0.2) is 0 Å². The molecule has 2 aliphatic heterocycles. The predicted molar refractivity (Wildman–Crippen MR) is 71.8 cm³/mol. The molecule has 0 aromatic heterocycles. The fraction of sp³-hybridized carbons (Fsp3) is 1.00. The Balaban J connectivity index is 1.62. The Bertz CT molecular complexity index is 222. The summed E-state index contributed by atoms with van der Waals surface area (Å²) in [7, 11) is 0. The van der Waals surface area contributed by atoms with Crippen molar-refractivity contribution in [3.8, 4) is 0 Å². The van der Waals surface area contributed by atoms with Gasteiger partial charge in [-0.15, -0.1) is 0 Å². The summed E-state index contributed by atoms with van der Waals surface area (Å²) in [6.45, 7) is 9.70. The summed E-state index contributed by atoms with van der Waals surface area (Å²) in [6.07, 6.45) is 2.41. The van der Waals surface area contributed by atoms with Gasteiger partial charge in [0.25, 0.3) is 0 Å². The topological polar surface area (TPSA) is 48.0 Å². The highest BCUT2D eigenvalue weighted by molar-refractivity contribution is 4.76. The second-order valence-corrected chi connectivity index (χ2v) is 5.30. The summed E-state index contributed by atoms with van der Waals surface area (Å²) in [5.41, 5.74) is 0. The van der Waals surface area contributed by atoms with Crippen LogP contribution in [-0.2, 0) is 4.74 Å². The third kappa shape index (κ3) is 4.82. The van der Waals surface area contributed by atoms with Crippen molar-refractivity contribution in [3.05, 3.63) is 0 Å². The van der Waals surface area contributed by atoms with Gasteiger partial charge in [-0.05, 0) is 39.0 Å². The predicted octanol–water partition coefficient (Wildman–Crippen LogP) is -0.635. The van der Waals surface area contributed by atoms with E-state index < -0.39 is 0 Å². The van der Waals surface area contributed by atoms with Crippen molar-refractivity contribution in [1.29, 1.82) is 0 Å². The summed E-state index contributed by atoms with van der Waals surface area (Å²) in [4.78, 5) is 4.98. The van der Waals surface area contributed by atoms with E-state index >= 15 is 0 Å². The largest absolute Gasteiger partial charge is 0.395 e. The number of rotatable bonds is 5. The van der Waals surface area contributed by atoms with Crippen molar-refractivity contribution >= 4 is 0 Å². The molecule has 0 spiro atoms. The Morgan fingerprint density at radius 3 is 2.67 bits per heavy atom. The lowest BCUT2D eigenvalue weighted by molar-refractivity contribution is 0.0360. The molecule has 5 nitrogen and oxygen atoms in total. The molecular weight excluding hydrogens is 230 g/mol. The summed E-state index contributed by atoms with van der Waals surface area (Å²) < 4.78 is 5.35. The van der Waals surface area contributed by atoms with Gasteiger partial charge in [0.2, 0.25) is 0 Å². The van der Waals surface area contributed by atoms with Crippen molar-refractivity contribution in [2.75, 3.05) is 65.6 Å². The molecule has 0 aliphatic carbocycles. The SMILES string of the molecule is OCC1CN(CCCN2CCOCC2)CCCN1. The minimum Gasteiger partial charge on any atom is -0.395 e. The molecule has 0 bridgehead atoms. The zero-order valence-corrected chi connectivity index (χ0v) is 11.3. The Morgan fingerprint density at radius 1 is 1.11 bits per heavy atom. The zero-order chi connectivity index (χ0) is 12.6. The highest BCUT2D eigenvalue weighted by Gasteiger charge is 2.17. The fourth-order valence-electron chi connectivity index (χ4n) is 2.74. The van der Waals surface area contributed by atoms with E-state index in [2.05, 4.69) is 15.1 Å². The van der Waals surface area contributed by atoms with Gasteiger partial charge in [-0.1, -0.05) is 0 Å². The van der Waals surface area contributed by atoms with Gasteiger partial charge in [0.1, 0.15) is 0 Å². The van der Waals surface area contributed by atoms with Crippen LogP contribution in [0.4, 0.5) is 0 Å². The van der Waals surface area contributed by atoms with Gasteiger partial charge in [-0.3, -0.25) is 4.90 Å². The van der Waals surface area contributed by atoms with E-state index in [0.717, 1.165) is 52.5 Å². The number of hydrogen-bond donors (Lipinski definition) is 2. The van der Waals surface area contributed by atoms with E-state index in [1.54, 1.807) is 0 Å². The van der Waals surface area contributed by atoms with Gasteiger partial charge in [-0.2, -0.15) is 0 Å². The molecule has 1 atom stereocenters. The van der Waals surface area contributed by atoms with Crippen LogP contribution in [0.25, 0.3) is 0 Å². The first-order valence-corrected chi connectivity index (χ1v) is 7.25. The van der Waals surface area contributed by atoms with E-state index in [9.17, 15) is 5.11 Å². The highest BCUT2D eigenvalue weighted by atomic mass is 16.5.